The molecule has 1 saturated heterocycles. The monoisotopic (exact) mass is 459 g/mol. The number of hydrogen-bond donors (Lipinski definition) is 5. The molecule has 0 saturated carbocycles. The summed E-state index contributed by atoms with van der Waals surface area (Å²) in [6, 6.07) is 1.70. The van der Waals surface area contributed by atoms with E-state index in [9.17, 15) is 29.6 Å². The van der Waals surface area contributed by atoms with Gasteiger partial charge in [-0.05, 0) is 32.8 Å². The lowest BCUT2D eigenvalue weighted by atomic mass is 9.93. The first kappa shape index (κ1) is 24.1. The number of aliphatic hydroxyl groups is 3. The average Bonchev–Trinajstić information content (AvgIpc) is 3.26. The van der Waals surface area contributed by atoms with Crippen molar-refractivity contribution in [3.8, 4) is 0 Å². The van der Waals surface area contributed by atoms with Crippen molar-refractivity contribution in [1.29, 1.82) is 0 Å². The highest BCUT2D eigenvalue weighted by Crippen LogP contribution is 2.59. The van der Waals surface area contributed by atoms with Gasteiger partial charge in [-0.1, -0.05) is 13.8 Å². The standard InChI is InChI=1S/C19H30N3O8P/c1-5-18(3,30-31(27,28)19(4,26)6-2)9-12-13(23)14(24)16(29-12)22-10-11-7-8-20-15(11)21-17(22)25/h7-8,10,12-14,16,23-24,26H,5-6,9H2,1-4H3,(H,27,28)(H,20,21,25)/t12-,13?,14+,16-,18?,19?/m1/s1. The Balaban J connectivity index is 1.83. The highest BCUT2D eigenvalue weighted by molar-refractivity contribution is 7.54. The lowest BCUT2D eigenvalue weighted by molar-refractivity contribution is -0.0712. The van der Waals surface area contributed by atoms with Crippen molar-refractivity contribution in [3.05, 3.63) is 28.9 Å². The topological polar surface area (TPSA) is 167 Å². The zero-order valence-corrected chi connectivity index (χ0v) is 18.8. The summed E-state index contributed by atoms with van der Waals surface area (Å²) < 4.78 is 25.1. The van der Waals surface area contributed by atoms with E-state index in [2.05, 4.69) is 9.97 Å². The SMILES string of the molecule is CCC(C)(C[C@H]1O[C@@H](n2cc3cc[nH]c3nc2=O)[C@@H](O)C1O)OP(=O)(O)C(C)(O)CC. The van der Waals surface area contributed by atoms with E-state index in [1.807, 2.05) is 0 Å². The number of nitrogens with zero attached hydrogens (tertiary/aromatic N) is 2. The molecule has 2 aromatic heterocycles. The Morgan fingerprint density at radius 2 is 1.97 bits per heavy atom. The molecule has 0 amide bonds. The van der Waals surface area contributed by atoms with E-state index in [1.165, 1.54) is 13.1 Å². The highest BCUT2D eigenvalue weighted by Gasteiger charge is 2.50. The smallest absolute Gasteiger partial charge is 0.359 e. The minimum atomic E-state index is -4.44. The number of H-pyrrole nitrogens is 1. The van der Waals surface area contributed by atoms with Gasteiger partial charge in [-0.25, -0.2) is 4.79 Å². The predicted octanol–water partition coefficient (Wildman–Crippen LogP) is 1.22. The van der Waals surface area contributed by atoms with Crippen LogP contribution in [-0.4, -0.2) is 64.0 Å². The van der Waals surface area contributed by atoms with Crippen molar-refractivity contribution in [2.75, 3.05) is 0 Å². The number of aromatic nitrogens is 3. The molecule has 3 rings (SSSR count). The third-order valence-corrected chi connectivity index (χ3v) is 8.30. The summed E-state index contributed by atoms with van der Waals surface area (Å²) >= 11 is 0. The summed E-state index contributed by atoms with van der Waals surface area (Å²) in [5.74, 6) is 0. The minimum absolute atomic E-state index is 0.00145. The van der Waals surface area contributed by atoms with Crippen molar-refractivity contribution in [2.45, 2.75) is 82.4 Å². The van der Waals surface area contributed by atoms with E-state index in [0.29, 0.717) is 11.0 Å². The maximum atomic E-state index is 12.7. The molecular formula is C19H30N3O8P. The summed E-state index contributed by atoms with van der Waals surface area (Å²) in [6.07, 6.45) is -1.70. The highest BCUT2D eigenvalue weighted by atomic mass is 31.2. The molecule has 1 aliphatic rings. The van der Waals surface area contributed by atoms with E-state index >= 15 is 0 Å². The Bertz CT molecular complexity index is 1040. The minimum Gasteiger partial charge on any atom is -0.388 e. The van der Waals surface area contributed by atoms with Crippen LogP contribution in [0.3, 0.4) is 0 Å². The number of rotatable bonds is 8. The number of fused-ring (bicyclic) bond motifs is 1. The third-order valence-electron chi connectivity index (χ3n) is 6.08. The van der Waals surface area contributed by atoms with Crippen molar-refractivity contribution in [1.82, 2.24) is 14.5 Å². The molecule has 12 heteroatoms. The summed E-state index contributed by atoms with van der Waals surface area (Å²) in [6.45, 7) is 6.08. The fraction of sp³-hybridized carbons (Fsp3) is 0.684. The fourth-order valence-corrected chi connectivity index (χ4v) is 4.91. The second-order valence-corrected chi connectivity index (χ2v) is 10.6. The molecule has 2 aromatic rings. The Hall–Kier alpha value is -1.59. The van der Waals surface area contributed by atoms with Crippen LogP contribution >= 0.6 is 7.60 Å². The van der Waals surface area contributed by atoms with Crippen molar-refractivity contribution >= 4 is 18.6 Å². The van der Waals surface area contributed by atoms with Gasteiger partial charge in [0, 0.05) is 24.2 Å². The number of aromatic amines is 1. The predicted molar refractivity (Wildman–Crippen MR) is 111 cm³/mol. The van der Waals surface area contributed by atoms with Crippen molar-refractivity contribution < 1.29 is 34.0 Å². The van der Waals surface area contributed by atoms with Gasteiger partial charge in [0.05, 0.1) is 11.7 Å². The molecule has 1 fully saturated rings. The van der Waals surface area contributed by atoms with Gasteiger partial charge in [0.2, 0.25) is 0 Å². The van der Waals surface area contributed by atoms with Crippen LogP contribution in [0, 0.1) is 0 Å². The molecule has 7 atom stereocenters. The largest absolute Gasteiger partial charge is 0.388 e. The fourth-order valence-electron chi connectivity index (χ4n) is 3.51. The second kappa shape index (κ2) is 8.40. The first-order chi connectivity index (χ1) is 14.3. The van der Waals surface area contributed by atoms with E-state index in [-0.39, 0.29) is 19.3 Å². The number of aliphatic hydroxyl groups excluding tert-OH is 2. The van der Waals surface area contributed by atoms with E-state index in [1.54, 1.807) is 33.0 Å². The molecule has 11 nitrogen and oxygen atoms in total. The van der Waals surface area contributed by atoms with Crippen LogP contribution in [0.2, 0.25) is 0 Å². The third kappa shape index (κ3) is 4.49. The van der Waals surface area contributed by atoms with Crippen LogP contribution in [0.15, 0.2) is 23.3 Å². The summed E-state index contributed by atoms with van der Waals surface area (Å²) in [5, 5.41) is 30.0. The van der Waals surface area contributed by atoms with Gasteiger partial charge in [0.15, 0.2) is 11.6 Å². The molecule has 174 valence electrons. The van der Waals surface area contributed by atoms with Gasteiger partial charge in [-0.2, -0.15) is 4.98 Å². The Kier molecular flexibility index (Phi) is 6.52. The van der Waals surface area contributed by atoms with Gasteiger partial charge in [0.25, 0.3) is 0 Å². The summed E-state index contributed by atoms with van der Waals surface area (Å²) in [4.78, 5) is 29.4. The van der Waals surface area contributed by atoms with Crippen LogP contribution < -0.4 is 5.69 Å². The zero-order valence-electron chi connectivity index (χ0n) is 17.9. The van der Waals surface area contributed by atoms with Crippen LogP contribution in [0.1, 0.15) is 53.2 Å². The molecule has 0 radical (unpaired) electrons. The lowest BCUT2D eigenvalue weighted by Crippen LogP contribution is -2.40. The Labute approximate surface area is 179 Å². The number of nitrogens with one attached hydrogen (secondary N) is 1. The molecule has 0 bridgehead atoms. The normalized spacial score (nSPS) is 30.1. The van der Waals surface area contributed by atoms with Gasteiger partial charge < -0.3 is 34.5 Å². The molecule has 0 aliphatic carbocycles. The van der Waals surface area contributed by atoms with Crippen molar-refractivity contribution in [3.63, 3.8) is 0 Å². The molecule has 4 unspecified atom stereocenters. The van der Waals surface area contributed by atoms with Crippen LogP contribution in [-0.2, 0) is 13.8 Å². The maximum Gasteiger partial charge on any atom is 0.359 e. The molecule has 31 heavy (non-hydrogen) atoms. The van der Waals surface area contributed by atoms with Gasteiger partial charge >= 0.3 is 13.3 Å². The van der Waals surface area contributed by atoms with E-state index in [0.717, 1.165) is 4.57 Å². The molecule has 0 spiro atoms. The maximum absolute atomic E-state index is 12.7. The lowest BCUT2D eigenvalue weighted by Gasteiger charge is -2.37. The molecule has 3 heterocycles. The average molecular weight is 459 g/mol. The molecule has 1 aliphatic heterocycles. The first-order valence-corrected chi connectivity index (χ1v) is 11.8. The first-order valence-electron chi connectivity index (χ1n) is 10.2. The molecule has 5 N–H and O–H groups in total. The van der Waals surface area contributed by atoms with E-state index in [4.69, 9.17) is 9.26 Å². The van der Waals surface area contributed by atoms with E-state index < -0.39 is 48.8 Å². The van der Waals surface area contributed by atoms with Crippen LogP contribution in [0.25, 0.3) is 11.0 Å². The van der Waals surface area contributed by atoms with Gasteiger partial charge in [-0.15, -0.1) is 0 Å². The Morgan fingerprint density at radius 1 is 1.29 bits per heavy atom. The van der Waals surface area contributed by atoms with Crippen LogP contribution in [0.4, 0.5) is 0 Å². The van der Waals surface area contributed by atoms with Gasteiger partial charge in [-0.3, -0.25) is 9.13 Å². The quantitative estimate of drug-likeness (QED) is 0.365. The van der Waals surface area contributed by atoms with Gasteiger partial charge in [0.1, 0.15) is 17.9 Å². The zero-order chi connectivity index (χ0) is 23.2. The summed E-state index contributed by atoms with van der Waals surface area (Å²) in [5.41, 5.74) is -1.53. The molecule has 0 aromatic carbocycles. The second-order valence-electron chi connectivity index (χ2n) is 8.45. The number of hydrogen-bond acceptors (Lipinski definition) is 8. The summed E-state index contributed by atoms with van der Waals surface area (Å²) in [7, 11) is -4.44. The number of ether oxygens (including phenoxy) is 1. The molecular weight excluding hydrogens is 429 g/mol. The van der Waals surface area contributed by atoms with Crippen molar-refractivity contribution in [2.24, 2.45) is 0 Å². The van der Waals surface area contributed by atoms with Crippen LogP contribution in [0.5, 0.6) is 0 Å². The Morgan fingerprint density at radius 3 is 2.58 bits per heavy atom.